The van der Waals surface area contributed by atoms with Crippen molar-refractivity contribution in [3.8, 4) is 0 Å². The summed E-state index contributed by atoms with van der Waals surface area (Å²) in [5.41, 5.74) is -1.02. The Hall–Kier alpha value is -1.66. The van der Waals surface area contributed by atoms with E-state index >= 15 is 0 Å². The molecular formula is C12H11F5NO. The summed E-state index contributed by atoms with van der Waals surface area (Å²) >= 11 is 0. The van der Waals surface area contributed by atoms with Crippen LogP contribution in [0.3, 0.4) is 0 Å². The third kappa shape index (κ3) is 3.65. The first-order valence-corrected chi connectivity index (χ1v) is 5.32. The molecule has 0 aliphatic carbocycles. The van der Waals surface area contributed by atoms with Gasteiger partial charge in [0.05, 0.1) is 0 Å². The molecule has 19 heavy (non-hydrogen) atoms. The molecule has 105 valence electrons. The first kappa shape index (κ1) is 15.4. The summed E-state index contributed by atoms with van der Waals surface area (Å²) in [6.07, 6.45) is -5.15. The topological polar surface area (TPSA) is 29.1 Å². The van der Waals surface area contributed by atoms with Crippen LogP contribution in [-0.2, 0) is 10.7 Å². The molecule has 0 saturated carbocycles. The summed E-state index contributed by atoms with van der Waals surface area (Å²) in [7, 11) is 0. The molecule has 0 fully saturated rings. The second-order valence-corrected chi connectivity index (χ2v) is 3.80. The lowest BCUT2D eigenvalue weighted by Crippen LogP contribution is -2.33. The Labute approximate surface area is 106 Å². The average Bonchev–Trinajstić information content (AvgIpc) is 2.28. The molecule has 1 amide bonds. The normalized spacial score (nSPS) is 12.3. The minimum Gasteiger partial charge on any atom is -0.326 e. The van der Waals surface area contributed by atoms with Gasteiger partial charge in [-0.25, -0.2) is 0 Å². The highest BCUT2D eigenvalue weighted by Gasteiger charge is 2.58. The van der Waals surface area contributed by atoms with Crippen LogP contribution in [0, 0.1) is 6.92 Å². The fourth-order valence-electron chi connectivity index (χ4n) is 1.31. The summed E-state index contributed by atoms with van der Waals surface area (Å²) < 4.78 is 62.2. The van der Waals surface area contributed by atoms with Gasteiger partial charge in [0.2, 0.25) is 5.91 Å². The minimum atomic E-state index is -5.65. The number of carbonyl (C=O) groups is 1. The van der Waals surface area contributed by atoms with Crippen molar-refractivity contribution in [2.45, 2.75) is 24.9 Å². The molecule has 0 aliphatic heterocycles. The fraction of sp³-hybridized carbons (Fsp3) is 0.333. The second kappa shape index (κ2) is 5.54. The Morgan fingerprint density at radius 1 is 1.11 bits per heavy atom. The van der Waals surface area contributed by atoms with Gasteiger partial charge >= 0.3 is 12.1 Å². The molecule has 0 aromatic heterocycles. The van der Waals surface area contributed by atoms with E-state index < -0.39 is 17.7 Å². The highest BCUT2D eigenvalue weighted by atomic mass is 19.4. The van der Waals surface area contributed by atoms with E-state index in [9.17, 15) is 26.7 Å². The molecule has 0 saturated heterocycles. The van der Waals surface area contributed by atoms with Gasteiger partial charge in [-0.1, -0.05) is 19.1 Å². The number of alkyl halides is 5. The van der Waals surface area contributed by atoms with E-state index in [0.29, 0.717) is 18.6 Å². The van der Waals surface area contributed by atoms with Gasteiger partial charge in [-0.05, 0) is 18.6 Å². The van der Waals surface area contributed by atoms with E-state index in [1.807, 2.05) is 0 Å². The zero-order valence-corrected chi connectivity index (χ0v) is 9.73. The standard InChI is InChI=1S/C12H11F5NO/c1-2-3-10(19)18-9-6-4-8(5-7-9)11(13,14)12(15,16)17/h4-7H,1-3H2,(H,18,19). The highest BCUT2D eigenvalue weighted by Crippen LogP contribution is 2.43. The Morgan fingerprint density at radius 3 is 2.05 bits per heavy atom. The van der Waals surface area contributed by atoms with Crippen molar-refractivity contribution in [3.05, 3.63) is 36.8 Å². The van der Waals surface area contributed by atoms with Gasteiger partial charge in [-0.15, -0.1) is 0 Å². The van der Waals surface area contributed by atoms with Crippen LogP contribution in [0.4, 0.5) is 27.6 Å². The lowest BCUT2D eigenvalue weighted by atomic mass is 10.1. The number of benzene rings is 1. The molecule has 0 atom stereocenters. The molecule has 1 rings (SSSR count). The summed E-state index contributed by atoms with van der Waals surface area (Å²) in [6, 6.07) is 3.26. The maximum Gasteiger partial charge on any atom is 0.458 e. The first-order valence-electron chi connectivity index (χ1n) is 5.32. The van der Waals surface area contributed by atoms with Gasteiger partial charge in [0.25, 0.3) is 0 Å². The molecule has 1 radical (unpaired) electrons. The number of amides is 1. The Kier molecular flexibility index (Phi) is 4.49. The molecule has 1 aromatic rings. The molecule has 0 heterocycles. The van der Waals surface area contributed by atoms with Crippen molar-refractivity contribution in [2.75, 3.05) is 5.32 Å². The number of hydrogen-bond acceptors (Lipinski definition) is 1. The van der Waals surface area contributed by atoms with Crippen LogP contribution >= 0.6 is 0 Å². The molecule has 1 N–H and O–H groups in total. The van der Waals surface area contributed by atoms with Crippen LogP contribution < -0.4 is 5.32 Å². The van der Waals surface area contributed by atoms with Crippen LogP contribution in [0.25, 0.3) is 0 Å². The van der Waals surface area contributed by atoms with E-state index in [0.717, 1.165) is 12.1 Å². The smallest absolute Gasteiger partial charge is 0.326 e. The van der Waals surface area contributed by atoms with Crippen LogP contribution in [0.15, 0.2) is 24.3 Å². The van der Waals surface area contributed by atoms with Crippen LogP contribution in [0.1, 0.15) is 18.4 Å². The summed E-state index contributed by atoms with van der Waals surface area (Å²) in [5.74, 6) is -5.30. The van der Waals surface area contributed by atoms with Gasteiger partial charge in [0.15, 0.2) is 0 Å². The largest absolute Gasteiger partial charge is 0.458 e. The molecule has 0 aliphatic rings. The van der Waals surface area contributed by atoms with Gasteiger partial charge in [-0.3, -0.25) is 4.79 Å². The van der Waals surface area contributed by atoms with Crippen LogP contribution in [-0.4, -0.2) is 12.1 Å². The summed E-state index contributed by atoms with van der Waals surface area (Å²) in [5, 5.41) is 2.36. The summed E-state index contributed by atoms with van der Waals surface area (Å²) in [6.45, 7) is 3.46. The van der Waals surface area contributed by atoms with Crippen molar-refractivity contribution in [1.29, 1.82) is 0 Å². The third-order valence-corrected chi connectivity index (χ3v) is 2.29. The molecule has 1 aromatic carbocycles. The predicted octanol–water partition coefficient (Wildman–Crippen LogP) is 3.89. The number of rotatable bonds is 4. The van der Waals surface area contributed by atoms with E-state index in [2.05, 4.69) is 12.2 Å². The molecule has 2 nitrogen and oxygen atoms in total. The molecule has 0 spiro atoms. The average molecular weight is 280 g/mol. The number of hydrogen-bond donors (Lipinski definition) is 1. The lowest BCUT2D eigenvalue weighted by Gasteiger charge is -2.20. The number of nitrogens with one attached hydrogen (secondary N) is 1. The van der Waals surface area contributed by atoms with Gasteiger partial charge in [-0.2, -0.15) is 22.0 Å². The Bertz CT molecular complexity index is 438. The fourth-order valence-corrected chi connectivity index (χ4v) is 1.31. The molecule has 7 heteroatoms. The van der Waals surface area contributed by atoms with E-state index in [-0.39, 0.29) is 18.0 Å². The van der Waals surface area contributed by atoms with Crippen molar-refractivity contribution in [1.82, 2.24) is 0 Å². The van der Waals surface area contributed by atoms with Crippen molar-refractivity contribution in [2.24, 2.45) is 0 Å². The van der Waals surface area contributed by atoms with E-state index in [1.165, 1.54) is 0 Å². The number of anilines is 1. The number of halogens is 5. The maximum atomic E-state index is 13.0. The quantitative estimate of drug-likeness (QED) is 0.833. The van der Waals surface area contributed by atoms with Gasteiger partial charge in [0, 0.05) is 17.7 Å². The minimum absolute atomic E-state index is 0.139. The highest BCUT2D eigenvalue weighted by molar-refractivity contribution is 5.90. The predicted molar refractivity (Wildman–Crippen MR) is 59.6 cm³/mol. The Morgan fingerprint density at radius 2 is 1.63 bits per heavy atom. The van der Waals surface area contributed by atoms with E-state index in [4.69, 9.17) is 0 Å². The third-order valence-electron chi connectivity index (χ3n) is 2.29. The lowest BCUT2D eigenvalue weighted by molar-refractivity contribution is -0.289. The van der Waals surface area contributed by atoms with Gasteiger partial charge < -0.3 is 5.32 Å². The molecule has 0 bridgehead atoms. The molecule has 0 unspecified atom stereocenters. The van der Waals surface area contributed by atoms with Crippen molar-refractivity contribution in [3.63, 3.8) is 0 Å². The van der Waals surface area contributed by atoms with E-state index in [1.54, 1.807) is 0 Å². The Balaban J connectivity index is 2.85. The summed E-state index contributed by atoms with van der Waals surface area (Å²) in [4.78, 5) is 11.2. The van der Waals surface area contributed by atoms with Crippen LogP contribution in [0.5, 0.6) is 0 Å². The number of carbonyl (C=O) groups excluding carboxylic acids is 1. The second-order valence-electron chi connectivity index (χ2n) is 3.80. The van der Waals surface area contributed by atoms with Crippen molar-refractivity contribution < 1.29 is 26.7 Å². The molecular weight excluding hydrogens is 269 g/mol. The van der Waals surface area contributed by atoms with Crippen LogP contribution in [0.2, 0.25) is 0 Å². The zero-order chi connectivity index (χ0) is 14.7. The first-order chi connectivity index (χ1) is 8.68. The van der Waals surface area contributed by atoms with Crippen molar-refractivity contribution >= 4 is 11.6 Å². The monoisotopic (exact) mass is 280 g/mol. The zero-order valence-electron chi connectivity index (χ0n) is 9.73. The maximum absolute atomic E-state index is 13.0. The SMILES string of the molecule is [CH2]CCC(=O)Nc1ccc(C(F)(F)C(F)(F)F)cc1. The van der Waals surface area contributed by atoms with Gasteiger partial charge in [0.1, 0.15) is 0 Å².